The molecule has 0 radical (unpaired) electrons. The lowest BCUT2D eigenvalue weighted by Crippen LogP contribution is -2.34. The van der Waals surface area contributed by atoms with Crippen LogP contribution in [0.25, 0.3) is 0 Å². The molecule has 0 amide bonds. The summed E-state index contributed by atoms with van der Waals surface area (Å²) in [5.41, 5.74) is 2.46. The molecular formula is C20H30ClN3. The Hall–Kier alpha value is -1.35. The fourth-order valence-corrected chi connectivity index (χ4v) is 3.16. The van der Waals surface area contributed by atoms with E-state index in [1.165, 1.54) is 11.3 Å². The SMILES string of the molecule is CC(C)(C)c1cnnn1C(C)(C)CCC(C)(C)c1cccc(Cl)c1. The van der Waals surface area contributed by atoms with Gasteiger partial charge in [0, 0.05) is 10.4 Å². The van der Waals surface area contributed by atoms with Gasteiger partial charge in [0.1, 0.15) is 0 Å². The van der Waals surface area contributed by atoms with E-state index in [4.69, 9.17) is 11.6 Å². The quantitative estimate of drug-likeness (QED) is 0.692. The van der Waals surface area contributed by atoms with E-state index in [9.17, 15) is 0 Å². The molecule has 0 saturated heterocycles. The van der Waals surface area contributed by atoms with E-state index in [0.717, 1.165) is 17.9 Å². The first kappa shape index (κ1) is 19.0. The van der Waals surface area contributed by atoms with E-state index in [1.807, 2.05) is 18.3 Å². The molecule has 1 heterocycles. The van der Waals surface area contributed by atoms with Crippen molar-refractivity contribution in [3.63, 3.8) is 0 Å². The minimum absolute atomic E-state index is 0.0310. The largest absolute Gasteiger partial charge is 0.243 e. The van der Waals surface area contributed by atoms with Crippen molar-refractivity contribution in [2.24, 2.45) is 0 Å². The first-order valence-electron chi connectivity index (χ1n) is 8.61. The van der Waals surface area contributed by atoms with Crippen LogP contribution in [-0.4, -0.2) is 15.0 Å². The smallest absolute Gasteiger partial charge is 0.0730 e. The first-order chi connectivity index (χ1) is 10.9. The minimum Gasteiger partial charge on any atom is -0.243 e. The third-order valence-corrected chi connectivity index (χ3v) is 5.09. The summed E-state index contributed by atoms with van der Waals surface area (Å²) in [5, 5.41) is 9.35. The monoisotopic (exact) mass is 347 g/mol. The molecule has 0 aliphatic carbocycles. The van der Waals surface area contributed by atoms with E-state index >= 15 is 0 Å². The molecule has 0 unspecified atom stereocenters. The standard InChI is InChI=1S/C20H30ClN3/c1-18(2,3)17-14-22-23-24(17)20(6,7)12-11-19(4,5)15-9-8-10-16(21)13-15/h8-10,13-14H,11-12H2,1-7H3. The van der Waals surface area contributed by atoms with Gasteiger partial charge in [-0.3, -0.25) is 0 Å². The van der Waals surface area contributed by atoms with Crippen LogP contribution in [0.5, 0.6) is 0 Å². The summed E-state index contributed by atoms with van der Waals surface area (Å²) in [5.74, 6) is 0. The van der Waals surface area contributed by atoms with E-state index in [2.05, 4.69) is 75.6 Å². The third kappa shape index (κ3) is 4.18. The van der Waals surface area contributed by atoms with Gasteiger partial charge >= 0.3 is 0 Å². The summed E-state index contributed by atoms with van der Waals surface area (Å²) in [4.78, 5) is 0. The van der Waals surface area contributed by atoms with Crippen LogP contribution in [0.1, 0.15) is 72.6 Å². The van der Waals surface area contributed by atoms with Gasteiger partial charge in [0.05, 0.1) is 17.4 Å². The Morgan fingerprint density at radius 3 is 2.25 bits per heavy atom. The number of benzene rings is 1. The van der Waals surface area contributed by atoms with Crippen molar-refractivity contribution in [2.45, 2.75) is 77.7 Å². The van der Waals surface area contributed by atoms with Crippen LogP contribution >= 0.6 is 11.6 Å². The summed E-state index contributed by atoms with van der Waals surface area (Å²) in [6, 6.07) is 8.19. The molecule has 132 valence electrons. The van der Waals surface area contributed by atoms with Crippen LogP contribution < -0.4 is 0 Å². The molecule has 1 aromatic carbocycles. The van der Waals surface area contributed by atoms with Gasteiger partial charge in [0.25, 0.3) is 0 Å². The Morgan fingerprint density at radius 1 is 1.00 bits per heavy atom. The molecule has 24 heavy (non-hydrogen) atoms. The van der Waals surface area contributed by atoms with E-state index in [1.54, 1.807) is 0 Å². The van der Waals surface area contributed by atoms with Gasteiger partial charge < -0.3 is 0 Å². The Kier molecular flexibility index (Phi) is 5.15. The summed E-state index contributed by atoms with van der Waals surface area (Å²) >= 11 is 6.17. The summed E-state index contributed by atoms with van der Waals surface area (Å²) in [6.45, 7) is 15.6. The average molecular weight is 348 g/mol. The molecule has 3 nitrogen and oxygen atoms in total. The zero-order valence-electron chi connectivity index (χ0n) is 16.0. The lowest BCUT2D eigenvalue weighted by molar-refractivity contribution is 0.240. The van der Waals surface area contributed by atoms with Crippen molar-refractivity contribution in [3.8, 4) is 0 Å². The fraction of sp³-hybridized carbons (Fsp3) is 0.600. The van der Waals surface area contributed by atoms with Gasteiger partial charge in [-0.2, -0.15) is 0 Å². The zero-order chi connectivity index (χ0) is 18.2. The predicted octanol–water partition coefficient (Wildman–Crippen LogP) is 5.72. The molecule has 0 bridgehead atoms. The van der Waals surface area contributed by atoms with E-state index < -0.39 is 0 Å². The average Bonchev–Trinajstić information content (AvgIpc) is 2.96. The third-order valence-electron chi connectivity index (χ3n) is 4.86. The van der Waals surface area contributed by atoms with Gasteiger partial charge in [-0.25, -0.2) is 4.68 Å². The Bertz CT molecular complexity index is 693. The van der Waals surface area contributed by atoms with Gasteiger partial charge in [-0.15, -0.1) is 5.10 Å². The van der Waals surface area contributed by atoms with Crippen molar-refractivity contribution in [1.29, 1.82) is 0 Å². The molecule has 0 N–H and O–H groups in total. The number of hydrogen-bond acceptors (Lipinski definition) is 2. The highest BCUT2D eigenvalue weighted by molar-refractivity contribution is 6.30. The first-order valence-corrected chi connectivity index (χ1v) is 8.99. The van der Waals surface area contributed by atoms with E-state index in [0.29, 0.717) is 0 Å². The molecule has 0 fully saturated rings. The maximum absolute atomic E-state index is 6.17. The number of halogens is 1. The molecule has 1 aromatic heterocycles. The van der Waals surface area contributed by atoms with Crippen molar-refractivity contribution in [3.05, 3.63) is 46.7 Å². The maximum atomic E-state index is 6.17. The van der Waals surface area contributed by atoms with Crippen LogP contribution in [-0.2, 0) is 16.4 Å². The summed E-state index contributed by atoms with van der Waals surface area (Å²) < 4.78 is 2.10. The normalized spacial score (nSPS) is 13.3. The second-order valence-electron chi connectivity index (χ2n) is 8.99. The van der Waals surface area contributed by atoms with E-state index in [-0.39, 0.29) is 16.4 Å². The molecule has 2 aromatic rings. The maximum Gasteiger partial charge on any atom is 0.0730 e. The summed E-state index contributed by atoms with van der Waals surface area (Å²) in [6.07, 6.45) is 3.95. The Morgan fingerprint density at radius 2 is 1.67 bits per heavy atom. The lowest BCUT2D eigenvalue weighted by Gasteiger charge is -2.34. The number of aromatic nitrogens is 3. The zero-order valence-corrected chi connectivity index (χ0v) is 16.8. The summed E-state index contributed by atoms with van der Waals surface area (Å²) in [7, 11) is 0. The Balaban J connectivity index is 2.20. The van der Waals surface area contributed by atoms with Crippen molar-refractivity contribution >= 4 is 11.6 Å². The van der Waals surface area contributed by atoms with Crippen LogP contribution in [0.2, 0.25) is 5.02 Å². The molecule has 4 heteroatoms. The molecule has 0 aliphatic heterocycles. The second-order valence-corrected chi connectivity index (χ2v) is 9.42. The lowest BCUT2D eigenvalue weighted by atomic mass is 9.77. The van der Waals surface area contributed by atoms with Crippen molar-refractivity contribution in [2.75, 3.05) is 0 Å². The molecule has 0 spiro atoms. The molecule has 2 rings (SSSR count). The van der Waals surface area contributed by atoms with Crippen molar-refractivity contribution in [1.82, 2.24) is 15.0 Å². The van der Waals surface area contributed by atoms with Gasteiger partial charge in [-0.05, 0) is 49.8 Å². The van der Waals surface area contributed by atoms with Crippen LogP contribution in [0.4, 0.5) is 0 Å². The fourth-order valence-electron chi connectivity index (χ4n) is 2.97. The molecule has 0 saturated carbocycles. The Labute approximate surface area is 151 Å². The topological polar surface area (TPSA) is 30.7 Å². The van der Waals surface area contributed by atoms with Crippen LogP contribution in [0.15, 0.2) is 30.5 Å². The van der Waals surface area contributed by atoms with Gasteiger partial charge in [0.15, 0.2) is 0 Å². The minimum atomic E-state index is -0.0883. The highest BCUT2D eigenvalue weighted by Crippen LogP contribution is 2.35. The number of nitrogens with zero attached hydrogens (tertiary/aromatic N) is 3. The number of rotatable bonds is 5. The highest BCUT2D eigenvalue weighted by Gasteiger charge is 2.32. The molecular weight excluding hydrogens is 318 g/mol. The molecule has 0 atom stereocenters. The predicted molar refractivity (Wildman–Crippen MR) is 102 cm³/mol. The second kappa shape index (κ2) is 6.51. The van der Waals surface area contributed by atoms with Crippen LogP contribution in [0.3, 0.4) is 0 Å². The number of hydrogen-bond donors (Lipinski definition) is 0. The molecule has 0 aliphatic rings. The van der Waals surface area contributed by atoms with Gasteiger partial charge in [0.2, 0.25) is 0 Å². The van der Waals surface area contributed by atoms with Crippen molar-refractivity contribution < 1.29 is 0 Å². The van der Waals surface area contributed by atoms with Gasteiger partial charge in [-0.1, -0.05) is 63.6 Å². The van der Waals surface area contributed by atoms with Crippen LogP contribution in [0, 0.1) is 0 Å². The highest BCUT2D eigenvalue weighted by atomic mass is 35.5.